The molecule has 0 aliphatic rings. The number of rotatable bonds is 4. The number of hydrogen-bond donors (Lipinski definition) is 0. The Bertz CT molecular complexity index is 419. The van der Waals surface area contributed by atoms with Gasteiger partial charge in [-0.25, -0.2) is 9.59 Å². The summed E-state index contributed by atoms with van der Waals surface area (Å²) >= 11 is 0. The molecule has 1 aromatic rings. The molecule has 0 radical (unpaired) electrons. The topological polar surface area (TPSA) is 61.8 Å². The highest BCUT2D eigenvalue weighted by atomic mass is 16.7. The highest BCUT2D eigenvalue weighted by Gasteiger charge is 2.18. The summed E-state index contributed by atoms with van der Waals surface area (Å²) in [7, 11) is 0. The summed E-state index contributed by atoms with van der Waals surface area (Å²) in [5, 5.41) is 0. The van der Waals surface area contributed by atoms with E-state index in [1.807, 2.05) is 30.3 Å². The molecule has 0 bridgehead atoms. The van der Waals surface area contributed by atoms with Crippen LogP contribution in [0.2, 0.25) is 0 Å². The molecule has 0 N–H and O–H groups in total. The molecule has 0 saturated carbocycles. The summed E-state index contributed by atoms with van der Waals surface area (Å²) in [6, 6.07) is 9.24. The van der Waals surface area contributed by atoms with Crippen molar-refractivity contribution in [3.05, 3.63) is 35.9 Å². The molecule has 0 aliphatic heterocycles. The molecule has 104 valence electrons. The quantitative estimate of drug-likeness (QED) is 0.784. The van der Waals surface area contributed by atoms with Gasteiger partial charge in [0.15, 0.2) is 6.61 Å². The summed E-state index contributed by atoms with van der Waals surface area (Å²) in [5.74, 6) is -0.616. The molecular formula is C14H18O5. The average molecular weight is 266 g/mol. The molecular weight excluding hydrogens is 248 g/mol. The Morgan fingerprint density at radius 2 is 1.68 bits per heavy atom. The molecule has 19 heavy (non-hydrogen) atoms. The standard InChI is InChI=1S/C14H18O5/c1-14(2,3)19-13(16)18-10-12(15)17-9-11-7-5-4-6-8-11/h4-8H,9-10H2,1-3H3. The smallest absolute Gasteiger partial charge is 0.458 e. The molecule has 0 aromatic heterocycles. The summed E-state index contributed by atoms with van der Waals surface area (Å²) in [6.45, 7) is 4.82. The predicted octanol–water partition coefficient (Wildman–Crippen LogP) is 2.68. The van der Waals surface area contributed by atoms with Gasteiger partial charge in [-0.2, -0.15) is 0 Å². The van der Waals surface area contributed by atoms with Crippen molar-refractivity contribution in [2.75, 3.05) is 6.61 Å². The molecule has 0 amide bonds. The lowest BCUT2D eigenvalue weighted by atomic mass is 10.2. The van der Waals surface area contributed by atoms with E-state index >= 15 is 0 Å². The Hall–Kier alpha value is -2.04. The fraction of sp³-hybridized carbons (Fsp3) is 0.429. The minimum Gasteiger partial charge on any atom is -0.458 e. The molecule has 1 rings (SSSR count). The Morgan fingerprint density at radius 3 is 2.26 bits per heavy atom. The number of benzene rings is 1. The zero-order valence-electron chi connectivity index (χ0n) is 11.3. The molecule has 0 unspecified atom stereocenters. The van der Waals surface area contributed by atoms with Crippen LogP contribution < -0.4 is 0 Å². The van der Waals surface area contributed by atoms with Crippen molar-refractivity contribution in [1.82, 2.24) is 0 Å². The maximum absolute atomic E-state index is 11.3. The zero-order valence-corrected chi connectivity index (χ0v) is 11.3. The van der Waals surface area contributed by atoms with Gasteiger partial charge >= 0.3 is 12.1 Å². The van der Waals surface area contributed by atoms with Gasteiger partial charge < -0.3 is 14.2 Å². The van der Waals surface area contributed by atoms with Gasteiger partial charge in [-0.15, -0.1) is 0 Å². The highest BCUT2D eigenvalue weighted by Crippen LogP contribution is 2.08. The fourth-order valence-electron chi connectivity index (χ4n) is 1.18. The zero-order chi connectivity index (χ0) is 14.3. The van der Waals surface area contributed by atoms with Gasteiger partial charge in [0.25, 0.3) is 0 Å². The van der Waals surface area contributed by atoms with Crippen molar-refractivity contribution in [3.63, 3.8) is 0 Å². The molecule has 0 heterocycles. The SMILES string of the molecule is CC(C)(C)OC(=O)OCC(=O)OCc1ccccc1. The molecule has 1 aromatic carbocycles. The van der Waals surface area contributed by atoms with Crippen LogP contribution in [0.15, 0.2) is 30.3 Å². The first-order valence-electron chi connectivity index (χ1n) is 5.92. The van der Waals surface area contributed by atoms with E-state index in [-0.39, 0.29) is 6.61 Å². The Balaban J connectivity index is 2.23. The van der Waals surface area contributed by atoms with Gasteiger partial charge in [-0.05, 0) is 26.3 Å². The lowest BCUT2D eigenvalue weighted by molar-refractivity contribution is -0.149. The molecule has 0 spiro atoms. The van der Waals surface area contributed by atoms with Crippen LogP contribution >= 0.6 is 0 Å². The number of hydrogen-bond acceptors (Lipinski definition) is 5. The summed E-state index contributed by atoms with van der Waals surface area (Å²) in [5.41, 5.74) is 0.221. The van der Waals surface area contributed by atoms with Crippen LogP contribution in [0.5, 0.6) is 0 Å². The van der Waals surface area contributed by atoms with E-state index in [4.69, 9.17) is 9.47 Å². The number of carbonyl (C=O) groups is 2. The third-order valence-electron chi connectivity index (χ3n) is 1.94. The highest BCUT2D eigenvalue weighted by molar-refractivity contribution is 5.73. The van der Waals surface area contributed by atoms with Crippen LogP contribution in [0, 0.1) is 0 Å². The van der Waals surface area contributed by atoms with E-state index in [2.05, 4.69) is 4.74 Å². The Labute approximate surface area is 112 Å². The second-order valence-corrected chi connectivity index (χ2v) is 4.90. The van der Waals surface area contributed by atoms with Crippen LogP contribution in [-0.4, -0.2) is 24.3 Å². The number of ether oxygens (including phenoxy) is 3. The van der Waals surface area contributed by atoms with Crippen LogP contribution in [-0.2, 0) is 25.6 Å². The van der Waals surface area contributed by atoms with E-state index in [1.165, 1.54) is 0 Å². The van der Waals surface area contributed by atoms with E-state index < -0.39 is 24.3 Å². The van der Waals surface area contributed by atoms with Crippen molar-refractivity contribution >= 4 is 12.1 Å². The lowest BCUT2D eigenvalue weighted by Gasteiger charge is -2.18. The third-order valence-corrected chi connectivity index (χ3v) is 1.94. The largest absolute Gasteiger partial charge is 0.509 e. The second-order valence-electron chi connectivity index (χ2n) is 4.90. The third kappa shape index (κ3) is 7.08. The first kappa shape index (κ1) is 15.0. The van der Waals surface area contributed by atoms with Gasteiger partial charge in [0, 0.05) is 0 Å². The van der Waals surface area contributed by atoms with Crippen molar-refractivity contribution in [3.8, 4) is 0 Å². The minimum absolute atomic E-state index is 0.150. The maximum atomic E-state index is 11.3. The average Bonchev–Trinajstić information content (AvgIpc) is 2.33. The van der Waals surface area contributed by atoms with Crippen molar-refractivity contribution < 1.29 is 23.8 Å². The monoisotopic (exact) mass is 266 g/mol. The fourth-order valence-corrected chi connectivity index (χ4v) is 1.18. The molecule has 5 heteroatoms. The van der Waals surface area contributed by atoms with Gasteiger partial charge in [-0.1, -0.05) is 30.3 Å². The van der Waals surface area contributed by atoms with E-state index in [0.717, 1.165) is 5.56 Å². The maximum Gasteiger partial charge on any atom is 0.509 e. The van der Waals surface area contributed by atoms with Gasteiger partial charge in [0.05, 0.1) is 0 Å². The van der Waals surface area contributed by atoms with Gasteiger partial charge in [-0.3, -0.25) is 0 Å². The molecule has 0 saturated heterocycles. The van der Waals surface area contributed by atoms with E-state index in [1.54, 1.807) is 20.8 Å². The van der Waals surface area contributed by atoms with Crippen molar-refractivity contribution in [2.24, 2.45) is 0 Å². The van der Waals surface area contributed by atoms with Gasteiger partial charge in [0.2, 0.25) is 0 Å². The van der Waals surface area contributed by atoms with Crippen LogP contribution in [0.4, 0.5) is 4.79 Å². The Morgan fingerprint density at radius 1 is 1.05 bits per heavy atom. The lowest BCUT2D eigenvalue weighted by Crippen LogP contribution is -2.26. The van der Waals surface area contributed by atoms with Crippen molar-refractivity contribution in [2.45, 2.75) is 33.0 Å². The molecule has 0 atom stereocenters. The first-order valence-corrected chi connectivity index (χ1v) is 5.92. The first-order chi connectivity index (χ1) is 8.87. The summed E-state index contributed by atoms with van der Waals surface area (Å²) in [6.07, 6.45) is -0.885. The van der Waals surface area contributed by atoms with E-state index in [0.29, 0.717) is 0 Å². The van der Waals surface area contributed by atoms with E-state index in [9.17, 15) is 9.59 Å². The normalized spacial score (nSPS) is 10.7. The number of esters is 1. The van der Waals surface area contributed by atoms with Crippen LogP contribution in [0.3, 0.4) is 0 Å². The van der Waals surface area contributed by atoms with Crippen LogP contribution in [0.1, 0.15) is 26.3 Å². The van der Waals surface area contributed by atoms with Crippen molar-refractivity contribution in [1.29, 1.82) is 0 Å². The number of carbonyl (C=O) groups excluding carboxylic acids is 2. The molecule has 5 nitrogen and oxygen atoms in total. The summed E-state index contributed by atoms with van der Waals surface area (Å²) < 4.78 is 14.5. The summed E-state index contributed by atoms with van der Waals surface area (Å²) in [4.78, 5) is 22.5. The molecule has 0 aliphatic carbocycles. The minimum atomic E-state index is -0.885. The second kappa shape index (κ2) is 6.78. The van der Waals surface area contributed by atoms with Gasteiger partial charge in [0.1, 0.15) is 12.2 Å². The predicted molar refractivity (Wildman–Crippen MR) is 68.4 cm³/mol. The molecule has 0 fully saturated rings. The van der Waals surface area contributed by atoms with Crippen LogP contribution in [0.25, 0.3) is 0 Å². The Kier molecular flexibility index (Phi) is 5.36.